The first-order chi connectivity index (χ1) is 15.9. The summed E-state index contributed by atoms with van der Waals surface area (Å²) in [5.41, 5.74) is 0.862. The van der Waals surface area contributed by atoms with Crippen molar-refractivity contribution in [2.75, 3.05) is 12.0 Å². The normalized spacial score (nSPS) is 17.8. The van der Waals surface area contributed by atoms with E-state index >= 15 is 0 Å². The van der Waals surface area contributed by atoms with Crippen molar-refractivity contribution in [2.45, 2.75) is 25.6 Å². The predicted octanol–water partition coefficient (Wildman–Crippen LogP) is 5.10. The van der Waals surface area contributed by atoms with Gasteiger partial charge in [0.25, 0.3) is 5.91 Å². The number of benzene rings is 2. The van der Waals surface area contributed by atoms with Crippen LogP contribution in [0.25, 0.3) is 10.2 Å². The molecule has 0 fully saturated rings. The van der Waals surface area contributed by atoms with Gasteiger partial charge >= 0.3 is 0 Å². The smallest absolute Gasteiger partial charge is 0.276 e. The standard InChI is InChI=1S/C25H22ClN3O3S/c1-25(24(31)27-14-16-7-9-18(26)10-8-16)15-28-20(13-17-11-12-33-23(17)28)22(30)29(25)19-5-3-4-6-21(19)32-2/h3-13H,14-15H2,1-2H3,(H,27,31)/t25-/m1/s1. The van der Waals surface area contributed by atoms with Crippen LogP contribution in [0.3, 0.4) is 0 Å². The van der Waals surface area contributed by atoms with E-state index in [1.807, 2.05) is 52.4 Å². The molecule has 3 heterocycles. The molecule has 33 heavy (non-hydrogen) atoms. The molecule has 0 radical (unpaired) electrons. The van der Waals surface area contributed by atoms with Gasteiger partial charge in [-0.3, -0.25) is 14.5 Å². The van der Waals surface area contributed by atoms with Crippen molar-refractivity contribution in [2.24, 2.45) is 0 Å². The van der Waals surface area contributed by atoms with Crippen molar-refractivity contribution in [3.63, 3.8) is 0 Å². The van der Waals surface area contributed by atoms with Crippen LogP contribution in [0.1, 0.15) is 23.0 Å². The third-order valence-electron chi connectivity index (χ3n) is 6.07. The van der Waals surface area contributed by atoms with Crippen LogP contribution in [0.15, 0.2) is 66.0 Å². The van der Waals surface area contributed by atoms with E-state index in [1.165, 1.54) is 0 Å². The van der Waals surface area contributed by atoms with E-state index in [0.29, 0.717) is 35.2 Å². The first-order valence-electron chi connectivity index (χ1n) is 10.5. The Morgan fingerprint density at radius 2 is 1.94 bits per heavy atom. The number of methoxy groups -OCH3 is 1. The Kier molecular flexibility index (Phi) is 5.38. The number of fused-ring (bicyclic) bond motifs is 3. The highest BCUT2D eigenvalue weighted by Crippen LogP contribution is 2.40. The summed E-state index contributed by atoms with van der Waals surface area (Å²) in [4.78, 5) is 30.1. The molecule has 0 bridgehead atoms. The number of anilines is 1. The van der Waals surface area contributed by atoms with Gasteiger partial charge in [-0.05, 0) is 54.3 Å². The van der Waals surface area contributed by atoms with Crippen LogP contribution in [-0.2, 0) is 17.9 Å². The number of nitrogens with zero attached hydrogens (tertiary/aromatic N) is 2. The number of hydrogen-bond acceptors (Lipinski definition) is 4. The molecule has 0 spiro atoms. The number of amides is 2. The highest BCUT2D eigenvalue weighted by molar-refractivity contribution is 7.16. The van der Waals surface area contributed by atoms with Crippen molar-refractivity contribution in [1.82, 2.24) is 9.88 Å². The summed E-state index contributed by atoms with van der Waals surface area (Å²) in [6, 6.07) is 18.5. The number of rotatable bonds is 5. The summed E-state index contributed by atoms with van der Waals surface area (Å²) in [5.74, 6) is 0.0449. The van der Waals surface area contributed by atoms with E-state index in [9.17, 15) is 9.59 Å². The fourth-order valence-electron chi connectivity index (χ4n) is 4.36. The van der Waals surface area contributed by atoms with Crippen LogP contribution >= 0.6 is 22.9 Å². The SMILES string of the molecule is COc1ccccc1N1C(=O)c2cc3ccsc3n2C[C@]1(C)C(=O)NCc1ccc(Cl)cc1. The maximum Gasteiger partial charge on any atom is 0.276 e. The van der Waals surface area contributed by atoms with Crippen LogP contribution in [0.5, 0.6) is 5.75 Å². The van der Waals surface area contributed by atoms with Crippen LogP contribution in [-0.4, -0.2) is 29.0 Å². The summed E-state index contributed by atoms with van der Waals surface area (Å²) in [6.45, 7) is 2.45. The van der Waals surface area contributed by atoms with Crippen molar-refractivity contribution < 1.29 is 14.3 Å². The van der Waals surface area contributed by atoms with Crippen molar-refractivity contribution in [1.29, 1.82) is 0 Å². The molecule has 0 saturated carbocycles. The Morgan fingerprint density at radius 1 is 1.18 bits per heavy atom. The van der Waals surface area contributed by atoms with Gasteiger partial charge < -0.3 is 14.6 Å². The number of carbonyl (C=O) groups is 2. The number of ether oxygens (including phenoxy) is 1. The molecule has 5 rings (SSSR count). The lowest BCUT2D eigenvalue weighted by molar-refractivity contribution is -0.126. The van der Waals surface area contributed by atoms with Gasteiger partial charge in [0.1, 0.15) is 21.8 Å². The topological polar surface area (TPSA) is 63.6 Å². The van der Waals surface area contributed by atoms with Gasteiger partial charge in [0.2, 0.25) is 5.91 Å². The van der Waals surface area contributed by atoms with E-state index in [1.54, 1.807) is 48.5 Å². The molecule has 0 saturated heterocycles. The van der Waals surface area contributed by atoms with Gasteiger partial charge in [-0.15, -0.1) is 11.3 Å². The molecule has 2 aromatic heterocycles. The molecule has 168 valence electrons. The van der Waals surface area contributed by atoms with E-state index in [4.69, 9.17) is 16.3 Å². The zero-order valence-electron chi connectivity index (χ0n) is 18.2. The molecular formula is C25H22ClN3O3S. The Morgan fingerprint density at radius 3 is 2.70 bits per heavy atom. The van der Waals surface area contributed by atoms with Crippen molar-refractivity contribution in [3.8, 4) is 5.75 Å². The Balaban J connectivity index is 1.58. The van der Waals surface area contributed by atoms with Gasteiger partial charge in [-0.1, -0.05) is 35.9 Å². The molecule has 0 unspecified atom stereocenters. The third kappa shape index (κ3) is 3.57. The number of thiophene rings is 1. The quantitative estimate of drug-likeness (QED) is 0.433. The monoisotopic (exact) mass is 479 g/mol. The van der Waals surface area contributed by atoms with Crippen LogP contribution in [0.4, 0.5) is 5.69 Å². The molecule has 1 aliphatic rings. The van der Waals surface area contributed by atoms with E-state index in [-0.39, 0.29) is 11.8 Å². The summed E-state index contributed by atoms with van der Waals surface area (Å²) < 4.78 is 7.50. The molecule has 6 nitrogen and oxygen atoms in total. The molecule has 2 aromatic carbocycles. The van der Waals surface area contributed by atoms with Gasteiger partial charge in [0.15, 0.2) is 0 Å². The molecule has 4 aromatic rings. The van der Waals surface area contributed by atoms with Gasteiger partial charge in [-0.2, -0.15) is 0 Å². The Hall–Kier alpha value is -3.29. The lowest BCUT2D eigenvalue weighted by atomic mass is 9.93. The van der Waals surface area contributed by atoms with Crippen LogP contribution < -0.4 is 15.0 Å². The first-order valence-corrected chi connectivity index (χ1v) is 11.8. The Labute approximate surface area is 200 Å². The molecule has 0 aliphatic carbocycles. The van der Waals surface area contributed by atoms with Gasteiger partial charge in [0.05, 0.1) is 19.3 Å². The number of halogens is 1. The second kappa shape index (κ2) is 8.24. The number of nitrogens with one attached hydrogen (secondary N) is 1. The lowest BCUT2D eigenvalue weighted by Crippen LogP contribution is -2.64. The predicted molar refractivity (Wildman–Crippen MR) is 131 cm³/mol. The molecule has 2 amide bonds. The van der Waals surface area contributed by atoms with Gasteiger partial charge in [-0.25, -0.2) is 0 Å². The summed E-state index contributed by atoms with van der Waals surface area (Å²) in [7, 11) is 1.56. The maximum absolute atomic E-state index is 13.8. The van der Waals surface area contributed by atoms with E-state index in [2.05, 4.69) is 5.32 Å². The second-order valence-electron chi connectivity index (χ2n) is 8.19. The average Bonchev–Trinajstić information content (AvgIpc) is 3.41. The molecule has 1 N–H and O–H groups in total. The lowest BCUT2D eigenvalue weighted by Gasteiger charge is -2.44. The minimum Gasteiger partial charge on any atom is -0.495 e. The molecule has 8 heteroatoms. The number of aromatic nitrogens is 1. The van der Waals surface area contributed by atoms with E-state index in [0.717, 1.165) is 15.8 Å². The molecule has 1 atom stereocenters. The highest BCUT2D eigenvalue weighted by atomic mass is 35.5. The second-order valence-corrected chi connectivity index (χ2v) is 9.52. The maximum atomic E-state index is 13.8. The molecule has 1 aliphatic heterocycles. The van der Waals surface area contributed by atoms with Crippen LogP contribution in [0.2, 0.25) is 5.02 Å². The number of hydrogen-bond donors (Lipinski definition) is 1. The summed E-state index contributed by atoms with van der Waals surface area (Å²) in [5, 5.41) is 6.65. The molecular weight excluding hydrogens is 458 g/mol. The first kappa shape index (κ1) is 21.6. The van der Waals surface area contributed by atoms with Crippen LogP contribution in [0, 0.1) is 0 Å². The fourth-order valence-corrected chi connectivity index (χ4v) is 5.39. The zero-order chi connectivity index (χ0) is 23.2. The van der Waals surface area contributed by atoms with Crippen molar-refractivity contribution >= 4 is 50.7 Å². The Bertz CT molecular complexity index is 1360. The summed E-state index contributed by atoms with van der Waals surface area (Å²) in [6.07, 6.45) is 0. The fraction of sp³-hybridized carbons (Fsp3) is 0.200. The highest BCUT2D eigenvalue weighted by Gasteiger charge is 2.49. The minimum absolute atomic E-state index is 0.238. The minimum atomic E-state index is -1.18. The number of carbonyl (C=O) groups excluding carboxylic acids is 2. The number of para-hydroxylation sites is 2. The largest absolute Gasteiger partial charge is 0.495 e. The average molecular weight is 480 g/mol. The third-order valence-corrected chi connectivity index (χ3v) is 7.27. The van der Waals surface area contributed by atoms with E-state index < -0.39 is 5.54 Å². The summed E-state index contributed by atoms with van der Waals surface area (Å²) >= 11 is 7.54. The zero-order valence-corrected chi connectivity index (χ0v) is 19.7. The van der Waals surface area contributed by atoms with Gasteiger partial charge in [0, 0.05) is 17.0 Å². The van der Waals surface area contributed by atoms with Crippen molar-refractivity contribution in [3.05, 3.63) is 82.3 Å².